The Balaban J connectivity index is 2.01. The molecule has 1 aliphatic rings. The van der Waals surface area contributed by atoms with Gasteiger partial charge in [0.2, 0.25) is 5.13 Å². The molecule has 0 saturated heterocycles. The fourth-order valence-corrected chi connectivity index (χ4v) is 3.67. The fraction of sp³-hybridized carbons (Fsp3) is 0.750. The molecule has 8 heteroatoms. The van der Waals surface area contributed by atoms with Crippen LogP contribution in [0.15, 0.2) is 4.34 Å². The van der Waals surface area contributed by atoms with Gasteiger partial charge in [0.15, 0.2) is 4.34 Å². The molecule has 0 amide bonds. The van der Waals surface area contributed by atoms with E-state index in [0.29, 0.717) is 17.0 Å². The largest absolute Gasteiger partial charge is 0.481 e. The Kier molecular flexibility index (Phi) is 5.62. The number of thioether (sulfide) groups is 1. The molecule has 1 aromatic rings. The number of methoxy groups -OCH3 is 1. The Morgan fingerprint density at radius 3 is 2.95 bits per heavy atom. The van der Waals surface area contributed by atoms with E-state index in [9.17, 15) is 4.79 Å². The molecule has 1 aromatic heterocycles. The Morgan fingerprint density at radius 2 is 2.35 bits per heavy atom. The van der Waals surface area contributed by atoms with Gasteiger partial charge in [-0.05, 0) is 25.7 Å². The zero-order valence-corrected chi connectivity index (χ0v) is 13.2. The van der Waals surface area contributed by atoms with Crippen molar-refractivity contribution in [1.29, 1.82) is 0 Å². The van der Waals surface area contributed by atoms with E-state index >= 15 is 0 Å². The second-order valence-corrected chi connectivity index (χ2v) is 6.98. The van der Waals surface area contributed by atoms with Crippen LogP contribution in [0.4, 0.5) is 5.13 Å². The van der Waals surface area contributed by atoms with Crippen LogP contribution in [0.5, 0.6) is 0 Å². The van der Waals surface area contributed by atoms with Gasteiger partial charge in [-0.25, -0.2) is 0 Å². The number of hydrogen-bond acceptors (Lipinski definition) is 7. The van der Waals surface area contributed by atoms with Crippen LogP contribution in [-0.2, 0) is 9.53 Å². The van der Waals surface area contributed by atoms with E-state index in [1.165, 1.54) is 35.9 Å². The quantitative estimate of drug-likeness (QED) is 0.698. The molecule has 112 valence electrons. The Labute approximate surface area is 126 Å². The predicted octanol–water partition coefficient (Wildman–Crippen LogP) is 1.97. The van der Waals surface area contributed by atoms with Gasteiger partial charge in [-0.15, -0.1) is 10.2 Å². The first-order valence-corrected chi connectivity index (χ1v) is 8.35. The molecule has 1 aliphatic carbocycles. The van der Waals surface area contributed by atoms with Crippen LogP contribution >= 0.6 is 23.1 Å². The van der Waals surface area contributed by atoms with Gasteiger partial charge in [-0.3, -0.25) is 4.79 Å². The van der Waals surface area contributed by atoms with Gasteiger partial charge in [-0.2, -0.15) is 0 Å². The lowest BCUT2D eigenvalue weighted by Crippen LogP contribution is -2.37. The molecular formula is C12H19N3O3S2. The van der Waals surface area contributed by atoms with Gasteiger partial charge in [0, 0.05) is 19.7 Å². The van der Waals surface area contributed by atoms with Crippen molar-refractivity contribution >= 4 is 34.2 Å². The molecule has 20 heavy (non-hydrogen) atoms. The van der Waals surface area contributed by atoms with E-state index < -0.39 is 5.97 Å². The van der Waals surface area contributed by atoms with Crippen LogP contribution in [0, 0.1) is 5.92 Å². The molecule has 1 fully saturated rings. The summed E-state index contributed by atoms with van der Waals surface area (Å²) < 4.78 is 5.86. The lowest BCUT2D eigenvalue weighted by atomic mass is 10.2. The number of aliphatic carboxylic acids is 1. The van der Waals surface area contributed by atoms with Gasteiger partial charge in [-0.1, -0.05) is 23.1 Å². The minimum absolute atomic E-state index is 0.0187. The Bertz CT molecular complexity index is 451. The number of nitrogens with zero attached hydrogens (tertiary/aromatic N) is 3. The highest BCUT2D eigenvalue weighted by molar-refractivity contribution is 8.01. The number of anilines is 1. The summed E-state index contributed by atoms with van der Waals surface area (Å²) in [5.74, 6) is -0.0922. The van der Waals surface area contributed by atoms with Crippen LogP contribution in [0.25, 0.3) is 0 Å². The molecule has 0 aromatic carbocycles. The monoisotopic (exact) mass is 317 g/mol. The summed E-state index contributed by atoms with van der Waals surface area (Å²) in [6.45, 7) is 3.64. The van der Waals surface area contributed by atoms with E-state index in [4.69, 9.17) is 9.84 Å². The SMILES string of the molecule is COCCN(c1nnc(SCC(=O)O)s1)C(C)C1CC1. The smallest absolute Gasteiger partial charge is 0.313 e. The second-order valence-electron chi connectivity index (χ2n) is 4.80. The van der Waals surface area contributed by atoms with E-state index in [1.807, 2.05) is 0 Å². The van der Waals surface area contributed by atoms with Crippen LogP contribution < -0.4 is 4.90 Å². The maximum atomic E-state index is 10.6. The lowest BCUT2D eigenvalue weighted by Gasteiger charge is -2.28. The first-order chi connectivity index (χ1) is 9.61. The van der Waals surface area contributed by atoms with E-state index in [1.54, 1.807) is 7.11 Å². The zero-order valence-electron chi connectivity index (χ0n) is 11.6. The van der Waals surface area contributed by atoms with Gasteiger partial charge < -0.3 is 14.7 Å². The summed E-state index contributed by atoms with van der Waals surface area (Å²) >= 11 is 2.67. The van der Waals surface area contributed by atoms with Crippen LogP contribution in [0.2, 0.25) is 0 Å². The van der Waals surface area contributed by atoms with Crippen LogP contribution in [-0.4, -0.2) is 53.3 Å². The fourth-order valence-electron chi connectivity index (χ4n) is 2.00. The topological polar surface area (TPSA) is 75.5 Å². The summed E-state index contributed by atoms with van der Waals surface area (Å²) in [7, 11) is 1.69. The Morgan fingerprint density at radius 1 is 1.60 bits per heavy atom. The summed E-state index contributed by atoms with van der Waals surface area (Å²) in [6, 6.07) is 0.426. The highest BCUT2D eigenvalue weighted by atomic mass is 32.2. The molecule has 2 rings (SSSR count). The summed E-state index contributed by atoms with van der Waals surface area (Å²) in [6.07, 6.45) is 2.54. The first kappa shape index (κ1) is 15.5. The maximum Gasteiger partial charge on any atom is 0.313 e. The van der Waals surface area contributed by atoms with Gasteiger partial charge >= 0.3 is 5.97 Å². The molecule has 1 heterocycles. The molecule has 0 spiro atoms. The number of rotatable bonds is 9. The molecule has 1 N–H and O–H groups in total. The zero-order chi connectivity index (χ0) is 14.5. The van der Waals surface area contributed by atoms with Crippen molar-refractivity contribution in [3.05, 3.63) is 0 Å². The number of carboxylic acid groups (broad SMARTS) is 1. The number of hydrogen-bond donors (Lipinski definition) is 1. The predicted molar refractivity (Wildman–Crippen MR) is 79.7 cm³/mol. The van der Waals surface area contributed by atoms with E-state index in [2.05, 4.69) is 22.0 Å². The van der Waals surface area contributed by atoms with Crippen molar-refractivity contribution in [3.63, 3.8) is 0 Å². The third-order valence-corrected chi connectivity index (χ3v) is 5.37. The van der Waals surface area contributed by atoms with Crippen molar-refractivity contribution in [2.24, 2.45) is 5.92 Å². The summed E-state index contributed by atoms with van der Waals surface area (Å²) in [5.41, 5.74) is 0. The third kappa shape index (κ3) is 4.32. The number of aromatic nitrogens is 2. The molecule has 1 atom stereocenters. The molecule has 1 saturated carbocycles. The lowest BCUT2D eigenvalue weighted by molar-refractivity contribution is -0.133. The standard InChI is InChI=1S/C12H19N3O3S2/c1-8(9-3-4-9)15(5-6-18-2)11-13-14-12(20-11)19-7-10(16)17/h8-9H,3-7H2,1-2H3,(H,16,17). The van der Waals surface area contributed by atoms with Gasteiger partial charge in [0.25, 0.3) is 0 Å². The second kappa shape index (κ2) is 7.24. The molecule has 1 unspecified atom stereocenters. The molecule has 0 radical (unpaired) electrons. The highest BCUT2D eigenvalue weighted by Crippen LogP contribution is 2.38. The molecular weight excluding hydrogens is 298 g/mol. The average Bonchev–Trinajstić information content (AvgIpc) is 3.17. The number of carboxylic acids is 1. The Hall–Kier alpha value is -0.860. The third-order valence-electron chi connectivity index (χ3n) is 3.29. The van der Waals surface area contributed by atoms with Crippen LogP contribution in [0.1, 0.15) is 19.8 Å². The van der Waals surface area contributed by atoms with Gasteiger partial charge in [0.05, 0.1) is 12.4 Å². The van der Waals surface area contributed by atoms with Crippen molar-refractivity contribution < 1.29 is 14.6 Å². The molecule has 6 nitrogen and oxygen atoms in total. The summed E-state index contributed by atoms with van der Waals surface area (Å²) in [5, 5.41) is 17.8. The van der Waals surface area contributed by atoms with E-state index in [0.717, 1.165) is 17.6 Å². The summed E-state index contributed by atoms with van der Waals surface area (Å²) in [4.78, 5) is 12.8. The minimum atomic E-state index is -0.839. The maximum absolute atomic E-state index is 10.6. The van der Waals surface area contributed by atoms with Crippen molar-refractivity contribution in [2.45, 2.75) is 30.1 Å². The van der Waals surface area contributed by atoms with Gasteiger partial charge in [0.1, 0.15) is 0 Å². The van der Waals surface area contributed by atoms with Crippen molar-refractivity contribution in [1.82, 2.24) is 10.2 Å². The van der Waals surface area contributed by atoms with Crippen LogP contribution in [0.3, 0.4) is 0 Å². The van der Waals surface area contributed by atoms with Crippen molar-refractivity contribution in [2.75, 3.05) is 30.9 Å². The highest BCUT2D eigenvalue weighted by Gasteiger charge is 2.33. The molecule has 0 bridgehead atoms. The van der Waals surface area contributed by atoms with E-state index in [-0.39, 0.29) is 5.75 Å². The number of ether oxygens (including phenoxy) is 1. The first-order valence-electron chi connectivity index (χ1n) is 6.55. The normalized spacial score (nSPS) is 16.1. The minimum Gasteiger partial charge on any atom is -0.481 e. The number of carbonyl (C=O) groups is 1. The average molecular weight is 317 g/mol. The molecule has 0 aliphatic heterocycles. The van der Waals surface area contributed by atoms with Crippen molar-refractivity contribution in [3.8, 4) is 0 Å².